The van der Waals surface area contributed by atoms with Crippen molar-refractivity contribution in [2.45, 2.75) is 39.7 Å². The van der Waals surface area contributed by atoms with Crippen LogP contribution < -0.4 is 12.4 Å². The van der Waals surface area contributed by atoms with E-state index in [-0.39, 0.29) is 18.4 Å². The van der Waals surface area contributed by atoms with Crippen molar-refractivity contribution in [1.29, 1.82) is 0 Å². The maximum atomic E-state index is 11.0. The van der Waals surface area contributed by atoms with Crippen LogP contribution in [-0.2, 0) is 16.1 Å². The minimum atomic E-state index is -0.325. The molecule has 4 heteroatoms. The van der Waals surface area contributed by atoms with Crippen molar-refractivity contribution < 1.29 is 26.4 Å². The average molecular weight is 340 g/mol. The first kappa shape index (κ1) is 21.7. The molecule has 0 heterocycles. The Hall–Kier alpha value is -1.32. The quantitative estimate of drug-likeness (QED) is 0.260. The van der Waals surface area contributed by atoms with Crippen LogP contribution >= 0.6 is 0 Å². The molecule has 0 N–H and O–H groups in total. The van der Waals surface area contributed by atoms with Crippen LogP contribution in [0.5, 0.6) is 0 Å². The van der Waals surface area contributed by atoms with Crippen molar-refractivity contribution in [2.24, 2.45) is 0 Å². The van der Waals surface area contributed by atoms with Crippen molar-refractivity contribution in [3.05, 3.63) is 48.6 Å². The Morgan fingerprint density at radius 1 is 1.17 bits per heavy atom. The summed E-state index contributed by atoms with van der Waals surface area (Å²) in [4.78, 5) is 11.0. The average Bonchev–Trinajstić information content (AvgIpc) is 2.55. The molecule has 0 aromatic heterocycles. The van der Waals surface area contributed by atoms with Crippen LogP contribution in [-0.4, -0.2) is 36.7 Å². The zero-order chi connectivity index (χ0) is 16.3. The Kier molecular flexibility index (Phi) is 11.4. The van der Waals surface area contributed by atoms with Crippen molar-refractivity contribution in [3.8, 4) is 0 Å². The number of benzene rings is 1. The first-order valence-corrected chi connectivity index (χ1v) is 8.34. The minimum absolute atomic E-state index is 0. The van der Waals surface area contributed by atoms with Crippen LogP contribution in [0.25, 0.3) is 0 Å². The first-order chi connectivity index (χ1) is 10.7. The van der Waals surface area contributed by atoms with E-state index in [2.05, 4.69) is 50.8 Å². The van der Waals surface area contributed by atoms with Gasteiger partial charge in [0.15, 0.2) is 0 Å². The SMILES string of the molecule is C=CC(=O)OCCCC[N+](CC)(CCC)Cc1ccccc1.[Cl-]. The minimum Gasteiger partial charge on any atom is -1.00 e. The summed E-state index contributed by atoms with van der Waals surface area (Å²) in [7, 11) is 0. The maximum absolute atomic E-state index is 11.0. The predicted molar refractivity (Wildman–Crippen MR) is 91.4 cm³/mol. The summed E-state index contributed by atoms with van der Waals surface area (Å²) < 4.78 is 6.16. The number of halogens is 1. The second-order valence-corrected chi connectivity index (χ2v) is 5.83. The molecule has 23 heavy (non-hydrogen) atoms. The molecule has 0 saturated heterocycles. The highest BCUT2D eigenvalue weighted by atomic mass is 35.5. The van der Waals surface area contributed by atoms with Crippen molar-refractivity contribution in [2.75, 3.05) is 26.2 Å². The summed E-state index contributed by atoms with van der Waals surface area (Å²) in [6.07, 6.45) is 4.40. The molecular formula is C19H30ClNO2. The second-order valence-electron chi connectivity index (χ2n) is 5.83. The van der Waals surface area contributed by atoms with Gasteiger partial charge in [-0.15, -0.1) is 0 Å². The van der Waals surface area contributed by atoms with Gasteiger partial charge in [0, 0.05) is 11.6 Å². The molecule has 3 nitrogen and oxygen atoms in total. The standard InChI is InChI=1S/C19H30NO2.ClH/c1-4-14-20(6-3,17-18-12-8-7-9-13-18)15-10-11-16-22-19(21)5-2;/h5,7-9,12-13H,2,4,6,10-11,14-17H2,1,3H3;1H/q+1;/p-1. The smallest absolute Gasteiger partial charge is 0.330 e. The fraction of sp³-hybridized carbons (Fsp3) is 0.526. The molecule has 0 fully saturated rings. The van der Waals surface area contributed by atoms with Gasteiger partial charge in [0.1, 0.15) is 6.54 Å². The molecule has 0 saturated carbocycles. The molecule has 1 aromatic rings. The van der Waals surface area contributed by atoms with Gasteiger partial charge in [0.25, 0.3) is 0 Å². The van der Waals surface area contributed by atoms with Crippen LogP contribution in [0.3, 0.4) is 0 Å². The Bertz CT molecular complexity index is 450. The van der Waals surface area contributed by atoms with Crippen LogP contribution in [0.15, 0.2) is 43.0 Å². The molecule has 1 atom stereocenters. The number of hydrogen-bond donors (Lipinski definition) is 0. The summed E-state index contributed by atoms with van der Waals surface area (Å²) in [6.45, 7) is 13.0. The number of hydrogen-bond acceptors (Lipinski definition) is 2. The van der Waals surface area contributed by atoms with Gasteiger partial charge in [-0.3, -0.25) is 0 Å². The van der Waals surface area contributed by atoms with Gasteiger partial charge >= 0.3 is 5.97 Å². The topological polar surface area (TPSA) is 26.3 Å². The summed E-state index contributed by atoms with van der Waals surface area (Å²) >= 11 is 0. The molecule has 130 valence electrons. The zero-order valence-electron chi connectivity index (χ0n) is 14.5. The maximum Gasteiger partial charge on any atom is 0.330 e. The van der Waals surface area contributed by atoms with E-state index >= 15 is 0 Å². The van der Waals surface area contributed by atoms with Gasteiger partial charge in [-0.25, -0.2) is 4.79 Å². The lowest BCUT2D eigenvalue weighted by molar-refractivity contribution is -0.939. The Labute approximate surface area is 147 Å². The second kappa shape index (κ2) is 12.1. The van der Waals surface area contributed by atoms with E-state index in [1.165, 1.54) is 24.6 Å². The monoisotopic (exact) mass is 339 g/mol. The summed E-state index contributed by atoms with van der Waals surface area (Å²) in [5.74, 6) is -0.325. The normalized spacial score (nSPS) is 12.8. The molecule has 1 unspecified atom stereocenters. The van der Waals surface area contributed by atoms with E-state index in [4.69, 9.17) is 4.74 Å². The van der Waals surface area contributed by atoms with Crippen molar-refractivity contribution in [3.63, 3.8) is 0 Å². The summed E-state index contributed by atoms with van der Waals surface area (Å²) in [5.41, 5.74) is 1.40. The predicted octanol–water partition coefficient (Wildman–Crippen LogP) is 0.947. The Morgan fingerprint density at radius 3 is 2.43 bits per heavy atom. The summed E-state index contributed by atoms with van der Waals surface area (Å²) in [6, 6.07) is 10.7. The van der Waals surface area contributed by atoms with Gasteiger partial charge in [0.05, 0.1) is 26.2 Å². The third kappa shape index (κ3) is 8.19. The zero-order valence-corrected chi connectivity index (χ0v) is 15.2. The molecule has 0 radical (unpaired) electrons. The number of esters is 1. The van der Waals surface area contributed by atoms with Gasteiger partial charge in [-0.1, -0.05) is 43.8 Å². The first-order valence-electron chi connectivity index (χ1n) is 8.34. The lowest BCUT2D eigenvalue weighted by atomic mass is 10.1. The molecular weight excluding hydrogens is 310 g/mol. The van der Waals surface area contributed by atoms with Crippen LogP contribution in [0, 0.1) is 0 Å². The van der Waals surface area contributed by atoms with E-state index < -0.39 is 0 Å². The number of unbranched alkanes of at least 4 members (excludes halogenated alkanes) is 1. The highest BCUT2D eigenvalue weighted by molar-refractivity contribution is 5.81. The van der Waals surface area contributed by atoms with Crippen molar-refractivity contribution >= 4 is 5.97 Å². The number of nitrogens with zero attached hydrogens (tertiary/aromatic N) is 1. The van der Waals surface area contributed by atoms with Crippen LogP contribution in [0.1, 0.15) is 38.7 Å². The number of rotatable bonds is 11. The highest BCUT2D eigenvalue weighted by Gasteiger charge is 2.24. The van der Waals surface area contributed by atoms with E-state index in [9.17, 15) is 4.79 Å². The lowest BCUT2D eigenvalue weighted by Gasteiger charge is -2.38. The number of quaternary nitrogens is 1. The molecule has 0 spiro atoms. The molecule has 0 aliphatic heterocycles. The Balaban J connectivity index is 0.00000484. The van der Waals surface area contributed by atoms with Gasteiger partial charge < -0.3 is 21.6 Å². The molecule has 0 aliphatic carbocycles. The van der Waals surface area contributed by atoms with E-state index in [1.54, 1.807) is 0 Å². The highest BCUT2D eigenvalue weighted by Crippen LogP contribution is 2.17. The number of carbonyl (C=O) groups is 1. The molecule has 0 aliphatic rings. The van der Waals surface area contributed by atoms with Gasteiger partial charge in [-0.05, 0) is 26.2 Å². The van der Waals surface area contributed by atoms with Gasteiger partial charge in [-0.2, -0.15) is 0 Å². The number of ether oxygens (including phenoxy) is 1. The fourth-order valence-corrected chi connectivity index (χ4v) is 2.92. The third-order valence-corrected chi connectivity index (χ3v) is 4.17. The van der Waals surface area contributed by atoms with Crippen LogP contribution in [0.4, 0.5) is 0 Å². The molecule has 0 bridgehead atoms. The Morgan fingerprint density at radius 2 is 1.87 bits per heavy atom. The lowest BCUT2D eigenvalue weighted by Crippen LogP contribution is -3.00. The molecule has 0 amide bonds. The van der Waals surface area contributed by atoms with Gasteiger partial charge in [0.2, 0.25) is 0 Å². The fourth-order valence-electron chi connectivity index (χ4n) is 2.92. The van der Waals surface area contributed by atoms with E-state index in [0.29, 0.717) is 6.61 Å². The number of carbonyl (C=O) groups excluding carboxylic acids is 1. The third-order valence-electron chi connectivity index (χ3n) is 4.17. The van der Waals surface area contributed by atoms with Crippen molar-refractivity contribution in [1.82, 2.24) is 0 Å². The largest absolute Gasteiger partial charge is 1.00 e. The summed E-state index contributed by atoms with van der Waals surface area (Å²) in [5, 5.41) is 0. The molecule has 1 rings (SSSR count). The van der Waals surface area contributed by atoms with E-state index in [0.717, 1.165) is 37.0 Å². The molecule has 1 aromatic carbocycles. The van der Waals surface area contributed by atoms with E-state index in [1.807, 2.05) is 0 Å². The van der Waals surface area contributed by atoms with Crippen LogP contribution in [0.2, 0.25) is 0 Å².